The van der Waals surface area contributed by atoms with E-state index in [4.69, 9.17) is 9.47 Å². The van der Waals surface area contributed by atoms with E-state index in [9.17, 15) is 0 Å². The van der Waals surface area contributed by atoms with Gasteiger partial charge in [-0.05, 0) is 73.9 Å². The van der Waals surface area contributed by atoms with E-state index in [0.29, 0.717) is 4.83 Å². The Labute approximate surface area is 215 Å². The number of hydrogen-bond acceptors (Lipinski definition) is 2. The summed E-state index contributed by atoms with van der Waals surface area (Å²) in [6.45, 7) is 0. The maximum atomic E-state index is 5.22. The van der Waals surface area contributed by atoms with Gasteiger partial charge in [0.15, 0.2) is 0 Å². The van der Waals surface area contributed by atoms with Crippen LogP contribution in [0.3, 0.4) is 0 Å². The van der Waals surface area contributed by atoms with Crippen molar-refractivity contribution >= 4 is 32.9 Å². The van der Waals surface area contributed by atoms with Gasteiger partial charge in [0.2, 0.25) is 0 Å². The molecule has 0 aliphatic carbocycles. The van der Waals surface area contributed by atoms with Crippen LogP contribution in [-0.2, 0) is 12.8 Å². The number of alkyl halides is 1. The molecule has 0 aliphatic rings. The van der Waals surface area contributed by atoms with Crippen LogP contribution >= 0.6 is 32.9 Å². The van der Waals surface area contributed by atoms with E-state index in [0.717, 1.165) is 11.5 Å². The van der Waals surface area contributed by atoms with Crippen LogP contribution in [0.1, 0.15) is 81.8 Å². The van der Waals surface area contributed by atoms with Gasteiger partial charge in [-0.25, -0.2) is 0 Å². The van der Waals surface area contributed by atoms with Gasteiger partial charge in [-0.2, -0.15) is 0 Å². The van der Waals surface area contributed by atoms with E-state index < -0.39 is 0 Å². The van der Waals surface area contributed by atoms with Crippen LogP contribution in [0.25, 0.3) is 0 Å². The highest BCUT2D eigenvalue weighted by Crippen LogP contribution is 2.20. The molecule has 2 aromatic carbocycles. The molecule has 0 N–H and O–H groups in total. The molecule has 0 bridgehead atoms. The molecule has 32 heavy (non-hydrogen) atoms. The van der Waals surface area contributed by atoms with Crippen molar-refractivity contribution in [3.8, 4) is 11.5 Å². The predicted octanol–water partition coefficient (Wildman–Crippen LogP) is 9.12. The number of unbranched alkanes of at least 4 members (excludes halogenated alkanes) is 7. The van der Waals surface area contributed by atoms with Crippen molar-refractivity contribution in [2.24, 2.45) is 0 Å². The molecule has 1 atom stereocenters. The monoisotopic (exact) mass is 568 g/mol. The molecule has 4 heteroatoms. The zero-order valence-corrected chi connectivity index (χ0v) is 23.3. The van der Waals surface area contributed by atoms with Crippen molar-refractivity contribution < 1.29 is 9.47 Å². The summed E-state index contributed by atoms with van der Waals surface area (Å²) in [5, 5.41) is 0. The Morgan fingerprint density at radius 3 is 1.34 bits per heavy atom. The molecule has 2 aromatic rings. The van der Waals surface area contributed by atoms with E-state index in [1.807, 2.05) is 0 Å². The zero-order chi connectivity index (χ0) is 22.2. The van der Waals surface area contributed by atoms with Gasteiger partial charge in [-0.1, -0.05) is 85.1 Å². The van der Waals surface area contributed by atoms with Crippen molar-refractivity contribution in [1.82, 2.24) is 0 Å². The maximum Gasteiger partial charge on any atom is 0.118 e. The zero-order valence-electron chi connectivity index (χ0n) is 20.0. The minimum Gasteiger partial charge on any atom is -0.497 e. The fraction of sp³-hybridized carbons (Fsp3) is 0.571. The second-order valence-electron chi connectivity index (χ2n) is 8.55. The molecule has 0 saturated heterocycles. The largest absolute Gasteiger partial charge is 0.497 e. The van der Waals surface area contributed by atoms with E-state index in [1.54, 1.807) is 14.2 Å². The highest BCUT2D eigenvalue weighted by molar-refractivity contribution is 9.09. The van der Waals surface area contributed by atoms with Crippen molar-refractivity contribution in [2.75, 3.05) is 14.2 Å². The van der Waals surface area contributed by atoms with Crippen molar-refractivity contribution in [3.63, 3.8) is 0 Å². The molecule has 0 heterocycles. The van der Waals surface area contributed by atoms with Crippen LogP contribution in [0.5, 0.6) is 11.5 Å². The third-order valence-corrected chi connectivity index (χ3v) is 6.95. The molecule has 0 aliphatic heterocycles. The lowest BCUT2D eigenvalue weighted by atomic mass is 10.0. The van der Waals surface area contributed by atoms with Gasteiger partial charge < -0.3 is 9.47 Å². The fourth-order valence-electron chi connectivity index (χ4n) is 4.00. The average molecular weight is 570 g/mol. The minimum absolute atomic E-state index is 0. The Balaban J connectivity index is 0.00000512. The van der Waals surface area contributed by atoms with Gasteiger partial charge in [-0.3, -0.25) is 0 Å². The molecular weight excluding hydrogens is 528 g/mol. The molecular formula is C28H42Br2O2. The maximum absolute atomic E-state index is 5.22. The van der Waals surface area contributed by atoms with Gasteiger partial charge >= 0.3 is 0 Å². The molecule has 0 radical (unpaired) electrons. The Morgan fingerprint density at radius 1 is 0.562 bits per heavy atom. The Bertz CT molecular complexity index is 686. The summed E-state index contributed by atoms with van der Waals surface area (Å²) in [4.78, 5) is 0.688. The lowest BCUT2D eigenvalue weighted by Crippen LogP contribution is -1.98. The summed E-state index contributed by atoms with van der Waals surface area (Å²) in [6, 6.07) is 17.0. The van der Waals surface area contributed by atoms with Gasteiger partial charge in [0.05, 0.1) is 14.2 Å². The summed E-state index contributed by atoms with van der Waals surface area (Å²) >= 11 is 3.89. The number of hydrogen-bond donors (Lipinski definition) is 0. The SMILES string of the molecule is Br.COc1ccc(CCCCCCCCCC(Br)CCCCc2ccc(OC)cc2)cc1. The van der Waals surface area contributed by atoms with Crippen molar-refractivity contribution in [3.05, 3.63) is 59.7 Å². The first-order chi connectivity index (χ1) is 15.2. The molecule has 2 nitrogen and oxygen atoms in total. The number of halogens is 2. The smallest absolute Gasteiger partial charge is 0.118 e. The first-order valence-corrected chi connectivity index (χ1v) is 13.0. The summed E-state index contributed by atoms with van der Waals surface area (Å²) in [6.07, 6.45) is 17.1. The Kier molecular flexibility index (Phi) is 16.7. The molecule has 2 rings (SSSR count). The number of ether oxygens (including phenoxy) is 2. The lowest BCUT2D eigenvalue weighted by molar-refractivity contribution is 0.414. The highest BCUT2D eigenvalue weighted by Gasteiger charge is 2.04. The van der Waals surface area contributed by atoms with Gasteiger partial charge in [0.25, 0.3) is 0 Å². The summed E-state index contributed by atoms with van der Waals surface area (Å²) in [5.41, 5.74) is 2.84. The number of methoxy groups -OCH3 is 2. The van der Waals surface area contributed by atoms with E-state index >= 15 is 0 Å². The van der Waals surface area contributed by atoms with Crippen LogP contribution in [0.4, 0.5) is 0 Å². The van der Waals surface area contributed by atoms with E-state index in [-0.39, 0.29) is 17.0 Å². The van der Waals surface area contributed by atoms with Crippen LogP contribution in [-0.4, -0.2) is 19.0 Å². The Morgan fingerprint density at radius 2 is 0.906 bits per heavy atom. The van der Waals surface area contributed by atoms with Crippen LogP contribution in [0, 0.1) is 0 Å². The third kappa shape index (κ3) is 12.9. The molecule has 180 valence electrons. The number of rotatable bonds is 17. The number of aryl methyl sites for hydroxylation is 2. The third-order valence-electron chi connectivity index (χ3n) is 6.03. The Hall–Kier alpha value is -1.00. The molecule has 0 spiro atoms. The summed E-state index contributed by atoms with van der Waals surface area (Å²) in [5.74, 6) is 1.89. The second-order valence-corrected chi connectivity index (χ2v) is 9.85. The molecule has 0 aromatic heterocycles. The normalized spacial score (nSPS) is 11.6. The molecule has 0 saturated carbocycles. The van der Waals surface area contributed by atoms with Crippen LogP contribution in [0.15, 0.2) is 48.5 Å². The van der Waals surface area contributed by atoms with Gasteiger partial charge in [-0.15, -0.1) is 17.0 Å². The first-order valence-electron chi connectivity index (χ1n) is 12.1. The van der Waals surface area contributed by atoms with E-state index in [1.165, 1.54) is 94.6 Å². The summed E-state index contributed by atoms with van der Waals surface area (Å²) in [7, 11) is 3.44. The van der Waals surface area contributed by atoms with Gasteiger partial charge in [0.1, 0.15) is 11.5 Å². The quantitative estimate of drug-likeness (QED) is 0.140. The molecule has 0 amide bonds. The number of benzene rings is 2. The topological polar surface area (TPSA) is 18.5 Å². The van der Waals surface area contributed by atoms with Crippen LogP contribution < -0.4 is 9.47 Å². The van der Waals surface area contributed by atoms with Gasteiger partial charge in [0, 0.05) is 4.83 Å². The average Bonchev–Trinajstić information content (AvgIpc) is 2.81. The van der Waals surface area contributed by atoms with Crippen molar-refractivity contribution in [2.45, 2.75) is 88.3 Å². The predicted molar refractivity (Wildman–Crippen MR) is 147 cm³/mol. The summed E-state index contributed by atoms with van der Waals surface area (Å²) < 4.78 is 10.4. The second kappa shape index (κ2) is 18.4. The van der Waals surface area contributed by atoms with E-state index in [2.05, 4.69) is 64.5 Å². The standard InChI is InChI=1S/C28H41BrO2.BrH/c1-30-27-20-16-24(17-21-27)12-8-6-4-3-5-7-9-14-26(29)15-11-10-13-25-18-22-28(31-2)23-19-25;/h16-23,26H,3-15H2,1-2H3;1H. The van der Waals surface area contributed by atoms with Crippen LogP contribution in [0.2, 0.25) is 0 Å². The van der Waals surface area contributed by atoms with Crippen molar-refractivity contribution in [1.29, 1.82) is 0 Å². The fourth-order valence-corrected chi connectivity index (χ4v) is 4.65. The molecule has 0 fully saturated rings. The lowest BCUT2D eigenvalue weighted by Gasteiger charge is -2.10. The highest BCUT2D eigenvalue weighted by atomic mass is 79.9. The molecule has 1 unspecified atom stereocenters. The first kappa shape index (κ1) is 29.0. The minimum atomic E-state index is 0.